The van der Waals surface area contributed by atoms with E-state index in [1.54, 1.807) is 0 Å². The Balaban J connectivity index is 2.15. The van der Waals surface area contributed by atoms with Gasteiger partial charge in [-0.15, -0.1) is 0 Å². The highest BCUT2D eigenvalue weighted by molar-refractivity contribution is 7.80. The van der Waals surface area contributed by atoms with Gasteiger partial charge in [0.15, 0.2) is 5.11 Å². The highest BCUT2D eigenvalue weighted by Crippen LogP contribution is 2.21. The summed E-state index contributed by atoms with van der Waals surface area (Å²) in [6.45, 7) is 10.2. The summed E-state index contributed by atoms with van der Waals surface area (Å²) in [5.41, 5.74) is 0. The molecular formula is C12H24N2OS. The largest absolute Gasteiger partial charge is 0.382 e. The Bertz CT molecular complexity index is 223. The lowest BCUT2D eigenvalue weighted by Gasteiger charge is -2.25. The van der Waals surface area contributed by atoms with Crippen LogP contribution in [0.4, 0.5) is 0 Å². The van der Waals surface area contributed by atoms with E-state index >= 15 is 0 Å². The van der Waals surface area contributed by atoms with Crippen LogP contribution in [0.5, 0.6) is 0 Å². The first kappa shape index (κ1) is 13.7. The number of nitrogens with zero attached hydrogens (tertiary/aromatic N) is 1. The summed E-state index contributed by atoms with van der Waals surface area (Å²) >= 11 is 5.40. The summed E-state index contributed by atoms with van der Waals surface area (Å²) in [6, 6.07) is 0.585. The van der Waals surface area contributed by atoms with E-state index in [0.29, 0.717) is 6.04 Å². The van der Waals surface area contributed by atoms with Crippen molar-refractivity contribution < 1.29 is 4.74 Å². The molecule has 1 N–H and O–H groups in total. The first-order valence-electron chi connectivity index (χ1n) is 6.27. The van der Waals surface area contributed by atoms with Gasteiger partial charge in [0.25, 0.3) is 0 Å². The minimum atomic E-state index is 0.585. The van der Waals surface area contributed by atoms with Gasteiger partial charge >= 0.3 is 0 Å². The van der Waals surface area contributed by atoms with Crippen molar-refractivity contribution in [2.45, 2.75) is 39.7 Å². The Kier molecular flexibility index (Phi) is 6.06. The minimum Gasteiger partial charge on any atom is -0.382 e. The van der Waals surface area contributed by atoms with E-state index in [-0.39, 0.29) is 0 Å². The fraction of sp³-hybridized carbons (Fsp3) is 0.917. The molecule has 2 atom stereocenters. The van der Waals surface area contributed by atoms with Crippen LogP contribution in [0, 0.1) is 5.92 Å². The zero-order chi connectivity index (χ0) is 12.0. The molecule has 94 valence electrons. The van der Waals surface area contributed by atoms with Crippen molar-refractivity contribution >= 4 is 17.3 Å². The fourth-order valence-corrected chi connectivity index (χ4v) is 2.55. The first-order chi connectivity index (χ1) is 7.65. The summed E-state index contributed by atoms with van der Waals surface area (Å²) in [7, 11) is 0. The van der Waals surface area contributed by atoms with Gasteiger partial charge in [-0.05, 0) is 44.8 Å². The van der Waals surface area contributed by atoms with Crippen LogP contribution in [-0.4, -0.2) is 42.4 Å². The number of thiocarbonyl (C=S) groups is 1. The normalized spacial score (nSPS) is 24.8. The SMILES string of the molecule is CCOCCCNC(=S)N1CC(C)CC1C. The average Bonchev–Trinajstić information content (AvgIpc) is 2.57. The monoisotopic (exact) mass is 244 g/mol. The van der Waals surface area contributed by atoms with Crippen molar-refractivity contribution in [3.63, 3.8) is 0 Å². The molecule has 0 aromatic carbocycles. The molecule has 1 aliphatic heterocycles. The Labute approximate surface area is 105 Å². The smallest absolute Gasteiger partial charge is 0.169 e. The zero-order valence-corrected chi connectivity index (χ0v) is 11.5. The van der Waals surface area contributed by atoms with Crippen LogP contribution >= 0.6 is 12.2 Å². The van der Waals surface area contributed by atoms with Gasteiger partial charge in [0.2, 0.25) is 0 Å². The molecule has 2 unspecified atom stereocenters. The predicted molar refractivity (Wildman–Crippen MR) is 71.7 cm³/mol. The third kappa shape index (κ3) is 4.26. The second kappa shape index (κ2) is 7.07. The van der Waals surface area contributed by atoms with Gasteiger partial charge in [-0.3, -0.25) is 0 Å². The van der Waals surface area contributed by atoms with E-state index in [4.69, 9.17) is 17.0 Å². The van der Waals surface area contributed by atoms with E-state index < -0.39 is 0 Å². The average molecular weight is 244 g/mol. The molecule has 1 fully saturated rings. The summed E-state index contributed by atoms with van der Waals surface area (Å²) in [5, 5.41) is 4.22. The van der Waals surface area contributed by atoms with E-state index in [2.05, 4.69) is 24.1 Å². The molecule has 0 spiro atoms. The maximum Gasteiger partial charge on any atom is 0.169 e. The standard InChI is InChI=1S/C12H24N2OS/c1-4-15-7-5-6-13-12(16)14-9-10(2)8-11(14)3/h10-11H,4-9H2,1-3H3,(H,13,16). The number of hydrogen-bond donors (Lipinski definition) is 1. The lowest BCUT2D eigenvalue weighted by atomic mass is 10.1. The molecule has 1 saturated heterocycles. The second-order valence-corrected chi connectivity index (χ2v) is 5.01. The van der Waals surface area contributed by atoms with Gasteiger partial charge < -0.3 is 15.0 Å². The lowest BCUT2D eigenvalue weighted by Crippen LogP contribution is -2.42. The lowest BCUT2D eigenvalue weighted by molar-refractivity contribution is 0.145. The highest BCUT2D eigenvalue weighted by Gasteiger charge is 2.27. The molecule has 0 saturated carbocycles. The van der Waals surface area contributed by atoms with Crippen molar-refractivity contribution in [3.8, 4) is 0 Å². The summed E-state index contributed by atoms with van der Waals surface area (Å²) in [5.74, 6) is 0.762. The van der Waals surface area contributed by atoms with E-state index in [1.807, 2.05) is 6.92 Å². The molecule has 0 bridgehead atoms. The molecule has 0 aliphatic carbocycles. The second-order valence-electron chi connectivity index (χ2n) is 4.62. The van der Waals surface area contributed by atoms with Crippen molar-refractivity contribution in [2.75, 3.05) is 26.3 Å². The number of nitrogens with one attached hydrogen (secondary N) is 1. The van der Waals surface area contributed by atoms with Gasteiger partial charge in [-0.2, -0.15) is 0 Å². The van der Waals surface area contributed by atoms with E-state index in [1.165, 1.54) is 6.42 Å². The molecule has 0 aromatic heterocycles. The number of likely N-dealkylation sites (tertiary alicyclic amines) is 1. The maximum absolute atomic E-state index is 5.40. The Morgan fingerprint density at radius 1 is 1.50 bits per heavy atom. The maximum atomic E-state index is 5.40. The quantitative estimate of drug-likeness (QED) is 0.591. The zero-order valence-electron chi connectivity index (χ0n) is 10.7. The predicted octanol–water partition coefficient (Wildman–Crippen LogP) is 2.02. The van der Waals surface area contributed by atoms with Crippen LogP contribution in [0.2, 0.25) is 0 Å². The van der Waals surface area contributed by atoms with Crippen LogP contribution in [0.15, 0.2) is 0 Å². The van der Waals surface area contributed by atoms with Crippen LogP contribution in [0.3, 0.4) is 0 Å². The highest BCUT2D eigenvalue weighted by atomic mass is 32.1. The van der Waals surface area contributed by atoms with Crippen LogP contribution < -0.4 is 5.32 Å². The topological polar surface area (TPSA) is 24.5 Å². The summed E-state index contributed by atoms with van der Waals surface area (Å²) in [6.07, 6.45) is 2.27. The van der Waals surface area contributed by atoms with Gasteiger partial charge in [-0.1, -0.05) is 6.92 Å². The molecule has 1 heterocycles. The third-order valence-electron chi connectivity index (χ3n) is 2.99. The van der Waals surface area contributed by atoms with Crippen molar-refractivity contribution in [3.05, 3.63) is 0 Å². The van der Waals surface area contributed by atoms with Crippen molar-refractivity contribution in [1.82, 2.24) is 10.2 Å². The number of hydrogen-bond acceptors (Lipinski definition) is 2. The van der Waals surface area contributed by atoms with Crippen LogP contribution in [-0.2, 0) is 4.74 Å². The van der Waals surface area contributed by atoms with Gasteiger partial charge in [0.05, 0.1) is 0 Å². The fourth-order valence-electron chi connectivity index (χ4n) is 2.20. The Morgan fingerprint density at radius 3 is 2.81 bits per heavy atom. The Hall–Kier alpha value is -0.350. The summed E-state index contributed by atoms with van der Waals surface area (Å²) < 4.78 is 5.28. The molecule has 1 rings (SSSR count). The van der Waals surface area contributed by atoms with Crippen LogP contribution in [0.1, 0.15) is 33.6 Å². The molecular weight excluding hydrogens is 220 g/mol. The van der Waals surface area contributed by atoms with Crippen molar-refractivity contribution in [2.24, 2.45) is 5.92 Å². The molecule has 16 heavy (non-hydrogen) atoms. The van der Waals surface area contributed by atoms with E-state index in [0.717, 1.165) is 43.8 Å². The van der Waals surface area contributed by atoms with Gasteiger partial charge in [-0.25, -0.2) is 0 Å². The molecule has 1 aliphatic rings. The Morgan fingerprint density at radius 2 is 2.25 bits per heavy atom. The van der Waals surface area contributed by atoms with E-state index in [9.17, 15) is 0 Å². The van der Waals surface area contributed by atoms with Gasteiger partial charge in [0, 0.05) is 32.3 Å². The summed E-state index contributed by atoms with van der Waals surface area (Å²) in [4.78, 5) is 2.31. The van der Waals surface area contributed by atoms with Crippen molar-refractivity contribution in [1.29, 1.82) is 0 Å². The molecule has 4 heteroatoms. The molecule has 0 aromatic rings. The molecule has 0 amide bonds. The number of rotatable bonds is 5. The first-order valence-corrected chi connectivity index (χ1v) is 6.68. The molecule has 3 nitrogen and oxygen atoms in total. The molecule has 0 radical (unpaired) electrons. The third-order valence-corrected chi connectivity index (χ3v) is 3.37. The minimum absolute atomic E-state index is 0.585. The van der Waals surface area contributed by atoms with Gasteiger partial charge in [0.1, 0.15) is 0 Å². The van der Waals surface area contributed by atoms with Crippen LogP contribution in [0.25, 0.3) is 0 Å². The number of ether oxygens (including phenoxy) is 1.